The van der Waals surface area contributed by atoms with Gasteiger partial charge in [-0.15, -0.1) is 0 Å². The summed E-state index contributed by atoms with van der Waals surface area (Å²) in [5.41, 5.74) is 2.71. The van der Waals surface area contributed by atoms with Crippen LogP contribution in [0.5, 0.6) is 0 Å². The van der Waals surface area contributed by atoms with Gasteiger partial charge in [-0.1, -0.05) is 52.5 Å². The number of aromatic amines is 1. The Balaban J connectivity index is 1.87. The predicted octanol–water partition coefficient (Wildman–Crippen LogP) is 6.28. The van der Waals surface area contributed by atoms with E-state index in [1.807, 2.05) is 12.1 Å². The Morgan fingerprint density at radius 3 is 2.41 bits per heavy atom. The Labute approximate surface area is 148 Å². The van der Waals surface area contributed by atoms with Gasteiger partial charge < -0.3 is 4.98 Å². The Morgan fingerprint density at radius 2 is 1.64 bits per heavy atom. The van der Waals surface area contributed by atoms with Gasteiger partial charge in [0.25, 0.3) is 0 Å². The fourth-order valence-corrected chi connectivity index (χ4v) is 2.80. The van der Waals surface area contributed by atoms with Gasteiger partial charge in [0.1, 0.15) is 5.82 Å². The van der Waals surface area contributed by atoms with E-state index in [9.17, 15) is 0 Å². The molecule has 2 nitrogen and oxygen atoms in total. The van der Waals surface area contributed by atoms with Crippen LogP contribution in [-0.4, -0.2) is 9.97 Å². The first-order chi connectivity index (χ1) is 10.5. The number of H-pyrrole nitrogens is 1. The molecule has 2 aromatic carbocycles. The molecule has 0 saturated carbocycles. The van der Waals surface area contributed by atoms with Crippen LogP contribution in [0, 0.1) is 0 Å². The van der Waals surface area contributed by atoms with Gasteiger partial charge in [-0.3, -0.25) is 0 Å². The van der Waals surface area contributed by atoms with Crippen molar-refractivity contribution in [2.24, 2.45) is 0 Å². The number of nitrogens with zero attached hydrogens (tertiary/aromatic N) is 1. The Hall–Kier alpha value is -1.19. The van der Waals surface area contributed by atoms with Gasteiger partial charge in [-0.25, -0.2) is 4.98 Å². The summed E-state index contributed by atoms with van der Waals surface area (Å²) < 4.78 is 0. The van der Waals surface area contributed by atoms with Crippen LogP contribution in [0.15, 0.2) is 42.6 Å². The molecule has 0 amide bonds. The Bertz CT molecular complexity index is 827. The van der Waals surface area contributed by atoms with Crippen LogP contribution in [0.3, 0.4) is 0 Å². The van der Waals surface area contributed by atoms with E-state index < -0.39 is 0 Å². The van der Waals surface area contributed by atoms with Crippen molar-refractivity contribution in [1.82, 2.24) is 9.97 Å². The molecule has 0 saturated heterocycles. The number of imidazole rings is 1. The molecular formula is C16H10Cl4N2. The molecule has 1 aromatic heterocycles. The standard InChI is InChI=1S/C16H10Cl4N2/c17-11-2-4-12(18)10(5-11)7-16-21-8-15(22-16)9-1-3-13(19)14(20)6-9/h1-6,8H,7H2,(H,21,22). The summed E-state index contributed by atoms with van der Waals surface area (Å²) in [6.07, 6.45) is 2.33. The zero-order valence-corrected chi connectivity index (χ0v) is 14.2. The van der Waals surface area contributed by atoms with E-state index in [-0.39, 0.29) is 0 Å². The molecule has 1 N–H and O–H groups in total. The molecule has 22 heavy (non-hydrogen) atoms. The molecule has 6 heteroatoms. The number of rotatable bonds is 3. The van der Waals surface area contributed by atoms with Crippen molar-refractivity contribution in [2.45, 2.75) is 6.42 Å². The first-order valence-corrected chi connectivity index (χ1v) is 7.97. The van der Waals surface area contributed by atoms with E-state index in [1.54, 1.807) is 30.5 Å². The summed E-state index contributed by atoms with van der Waals surface area (Å²) in [5, 5.41) is 2.34. The minimum atomic E-state index is 0.508. The van der Waals surface area contributed by atoms with E-state index in [2.05, 4.69) is 9.97 Å². The zero-order chi connectivity index (χ0) is 15.7. The highest BCUT2D eigenvalue weighted by atomic mass is 35.5. The zero-order valence-electron chi connectivity index (χ0n) is 11.2. The summed E-state index contributed by atoms with van der Waals surface area (Å²) in [7, 11) is 0. The summed E-state index contributed by atoms with van der Waals surface area (Å²) in [5.74, 6) is 0.797. The number of hydrogen-bond donors (Lipinski definition) is 1. The van der Waals surface area contributed by atoms with Gasteiger partial charge in [-0.2, -0.15) is 0 Å². The Morgan fingerprint density at radius 1 is 0.864 bits per heavy atom. The fraction of sp³-hybridized carbons (Fsp3) is 0.0625. The average molecular weight is 372 g/mol. The van der Waals surface area contributed by atoms with Crippen molar-refractivity contribution in [3.63, 3.8) is 0 Å². The maximum absolute atomic E-state index is 6.18. The number of hydrogen-bond acceptors (Lipinski definition) is 1. The van der Waals surface area contributed by atoms with Crippen molar-refractivity contribution in [3.05, 3.63) is 74.1 Å². The summed E-state index contributed by atoms with van der Waals surface area (Å²) in [4.78, 5) is 7.63. The minimum Gasteiger partial charge on any atom is -0.342 e. The average Bonchev–Trinajstić information content (AvgIpc) is 2.94. The molecular weight excluding hydrogens is 362 g/mol. The van der Waals surface area contributed by atoms with Crippen LogP contribution < -0.4 is 0 Å². The molecule has 112 valence electrons. The number of halogens is 4. The predicted molar refractivity (Wildman–Crippen MR) is 93.3 cm³/mol. The molecule has 0 unspecified atom stereocenters. The number of benzene rings is 2. The highest BCUT2D eigenvalue weighted by Gasteiger charge is 2.08. The third kappa shape index (κ3) is 3.41. The first-order valence-electron chi connectivity index (χ1n) is 6.46. The highest BCUT2D eigenvalue weighted by Crippen LogP contribution is 2.28. The molecule has 0 radical (unpaired) electrons. The van der Waals surface area contributed by atoms with Gasteiger partial charge >= 0.3 is 0 Å². The van der Waals surface area contributed by atoms with Gasteiger partial charge in [0.05, 0.1) is 21.9 Å². The van der Waals surface area contributed by atoms with E-state index in [4.69, 9.17) is 46.4 Å². The monoisotopic (exact) mass is 370 g/mol. The lowest BCUT2D eigenvalue weighted by Gasteiger charge is -2.03. The summed E-state index contributed by atoms with van der Waals surface area (Å²) in [6, 6.07) is 10.8. The van der Waals surface area contributed by atoms with Crippen LogP contribution in [0.25, 0.3) is 11.3 Å². The number of nitrogens with one attached hydrogen (secondary N) is 1. The molecule has 1 heterocycles. The normalized spacial score (nSPS) is 10.9. The van der Waals surface area contributed by atoms with Crippen molar-refractivity contribution in [1.29, 1.82) is 0 Å². The van der Waals surface area contributed by atoms with Crippen LogP contribution >= 0.6 is 46.4 Å². The van der Waals surface area contributed by atoms with Crippen molar-refractivity contribution in [3.8, 4) is 11.3 Å². The van der Waals surface area contributed by atoms with Crippen molar-refractivity contribution in [2.75, 3.05) is 0 Å². The molecule has 0 atom stereocenters. The van der Waals surface area contributed by atoms with Gasteiger partial charge in [0.15, 0.2) is 0 Å². The molecule has 0 spiro atoms. The lowest BCUT2D eigenvalue weighted by Crippen LogP contribution is -1.92. The van der Waals surface area contributed by atoms with E-state index in [1.165, 1.54) is 0 Å². The summed E-state index contributed by atoms with van der Waals surface area (Å²) in [6.45, 7) is 0. The second-order valence-corrected chi connectivity index (χ2v) is 6.44. The van der Waals surface area contributed by atoms with Crippen LogP contribution in [0.1, 0.15) is 11.4 Å². The highest BCUT2D eigenvalue weighted by molar-refractivity contribution is 6.42. The van der Waals surface area contributed by atoms with Crippen LogP contribution in [0.2, 0.25) is 20.1 Å². The molecule has 0 aliphatic heterocycles. The maximum Gasteiger partial charge on any atom is 0.110 e. The molecule has 0 fully saturated rings. The number of aromatic nitrogens is 2. The molecule has 0 bridgehead atoms. The molecule has 3 rings (SSSR count). The minimum absolute atomic E-state index is 0.508. The smallest absolute Gasteiger partial charge is 0.110 e. The third-order valence-electron chi connectivity index (χ3n) is 3.22. The van der Waals surface area contributed by atoms with Crippen molar-refractivity contribution >= 4 is 46.4 Å². The second kappa shape index (κ2) is 6.51. The molecule has 0 aliphatic rings. The molecule has 3 aromatic rings. The van der Waals surface area contributed by atoms with Crippen molar-refractivity contribution < 1.29 is 0 Å². The quantitative estimate of drug-likeness (QED) is 0.576. The maximum atomic E-state index is 6.18. The SMILES string of the molecule is Clc1ccc(Cl)c(Cc2ncc(-c3ccc(Cl)c(Cl)c3)[nH]2)c1. The third-order valence-corrected chi connectivity index (χ3v) is 4.57. The van der Waals surface area contributed by atoms with Gasteiger partial charge in [0.2, 0.25) is 0 Å². The largest absolute Gasteiger partial charge is 0.342 e. The topological polar surface area (TPSA) is 28.7 Å². The van der Waals surface area contributed by atoms with Crippen LogP contribution in [-0.2, 0) is 6.42 Å². The van der Waals surface area contributed by atoms with E-state index >= 15 is 0 Å². The first kappa shape index (κ1) is 15.7. The second-order valence-electron chi connectivity index (χ2n) is 4.78. The van der Waals surface area contributed by atoms with Crippen LogP contribution in [0.4, 0.5) is 0 Å². The lowest BCUT2D eigenvalue weighted by atomic mass is 10.1. The van der Waals surface area contributed by atoms with Gasteiger partial charge in [0, 0.05) is 22.0 Å². The molecule has 0 aliphatic carbocycles. The van der Waals surface area contributed by atoms with Gasteiger partial charge in [-0.05, 0) is 35.9 Å². The lowest BCUT2D eigenvalue weighted by molar-refractivity contribution is 1.03. The summed E-state index contributed by atoms with van der Waals surface area (Å²) >= 11 is 24.1. The fourth-order valence-electron chi connectivity index (χ4n) is 2.12. The Kier molecular flexibility index (Phi) is 4.65. The van der Waals surface area contributed by atoms with E-state index in [0.717, 1.165) is 22.6 Å². The van der Waals surface area contributed by atoms with E-state index in [0.29, 0.717) is 26.5 Å².